The van der Waals surface area contributed by atoms with Crippen molar-refractivity contribution < 1.29 is 14.5 Å². The first kappa shape index (κ1) is 18.3. The Balaban J connectivity index is 1.74. The summed E-state index contributed by atoms with van der Waals surface area (Å²) in [5.41, 5.74) is 1.60. The van der Waals surface area contributed by atoms with Gasteiger partial charge in [-0.1, -0.05) is 6.07 Å². The van der Waals surface area contributed by atoms with Crippen LogP contribution in [0.2, 0.25) is 0 Å². The van der Waals surface area contributed by atoms with Crippen LogP contribution in [-0.4, -0.2) is 23.3 Å². The molecule has 2 aromatic rings. The number of anilines is 2. The van der Waals surface area contributed by atoms with Crippen molar-refractivity contribution in [2.75, 3.05) is 16.8 Å². The molecule has 0 radical (unpaired) electrons. The van der Waals surface area contributed by atoms with E-state index in [1.165, 1.54) is 11.0 Å². The van der Waals surface area contributed by atoms with Crippen LogP contribution >= 0.6 is 22.6 Å². The summed E-state index contributed by atoms with van der Waals surface area (Å²) in [6, 6.07) is 12.0. The fourth-order valence-corrected chi connectivity index (χ4v) is 3.23. The van der Waals surface area contributed by atoms with E-state index in [4.69, 9.17) is 0 Å². The molecule has 3 rings (SSSR count). The molecule has 1 heterocycles. The van der Waals surface area contributed by atoms with Gasteiger partial charge < -0.3 is 10.2 Å². The number of hydrogen-bond acceptors (Lipinski definition) is 4. The molecule has 134 valence electrons. The molecule has 0 bridgehead atoms. The third-order valence-corrected chi connectivity index (χ3v) is 5.03. The third-order valence-electron chi connectivity index (χ3n) is 4.31. The predicted molar refractivity (Wildman–Crippen MR) is 106 cm³/mol. The number of nitrogens with zero attached hydrogens (tertiary/aromatic N) is 2. The van der Waals surface area contributed by atoms with E-state index in [0.29, 0.717) is 16.9 Å². The smallest absolute Gasteiger partial charge is 0.274 e. The average molecular weight is 465 g/mol. The van der Waals surface area contributed by atoms with Gasteiger partial charge in [0.25, 0.3) is 5.69 Å². The maximum absolute atomic E-state index is 12.5. The number of nitro benzene ring substituents is 1. The Hall–Kier alpha value is -2.49. The zero-order valence-electron chi connectivity index (χ0n) is 13.9. The van der Waals surface area contributed by atoms with Crippen LogP contribution in [0.15, 0.2) is 42.5 Å². The van der Waals surface area contributed by atoms with Crippen molar-refractivity contribution in [3.05, 3.63) is 61.7 Å². The standard InChI is InChI=1S/C18H16IN3O4/c1-11-2-7-15(9-16(11)22(25)26)21-10-12(8-17(21)23)18(24)20-14-5-3-13(19)4-6-14/h2-7,9,12H,8,10H2,1H3,(H,20,24)/t12-/m1/s1. The number of hydrogen-bond donors (Lipinski definition) is 1. The van der Waals surface area contributed by atoms with Crippen molar-refractivity contribution >= 4 is 51.5 Å². The van der Waals surface area contributed by atoms with E-state index in [9.17, 15) is 19.7 Å². The fraction of sp³-hybridized carbons (Fsp3) is 0.222. The van der Waals surface area contributed by atoms with Crippen molar-refractivity contribution in [3.63, 3.8) is 0 Å². The van der Waals surface area contributed by atoms with Crippen molar-refractivity contribution in [1.29, 1.82) is 0 Å². The quantitative estimate of drug-likeness (QED) is 0.425. The van der Waals surface area contributed by atoms with Crippen LogP contribution in [-0.2, 0) is 9.59 Å². The first-order chi connectivity index (χ1) is 12.3. The number of carbonyl (C=O) groups excluding carboxylic acids is 2. The maximum atomic E-state index is 12.5. The molecular formula is C18H16IN3O4. The molecule has 0 saturated carbocycles. The summed E-state index contributed by atoms with van der Waals surface area (Å²) in [7, 11) is 0. The van der Waals surface area contributed by atoms with Gasteiger partial charge in [0.15, 0.2) is 0 Å². The zero-order valence-corrected chi connectivity index (χ0v) is 16.1. The number of nitrogens with one attached hydrogen (secondary N) is 1. The number of benzene rings is 2. The van der Waals surface area contributed by atoms with Gasteiger partial charge in [0.1, 0.15) is 0 Å². The molecule has 1 aliphatic heterocycles. The minimum Gasteiger partial charge on any atom is -0.326 e. The summed E-state index contributed by atoms with van der Waals surface area (Å²) in [6.45, 7) is 1.85. The van der Waals surface area contributed by atoms with Gasteiger partial charge in [-0.3, -0.25) is 19.7 Å². The largest absolute Gasteiger partial charge is 0.326 e. The SMILES string of the molecule is Cc1ccc(N2C[C@H](C(=O)Nc3ccc(I)cc3)CC2=O)cc1[N+](=O)[O-]. The van der Waals surface area contributed by atoms with Crippen LogP contribution in [0, 0.1) is 26.5 Å². The Morgan fingerprint density at radius 1 is 1.27 bits per heavy atom. The molecule has 2 amide bonds. The number of halogens is 1. The summed E-state index contributed by atoms with van der Waals surface area (Å²) in [6.07, 6.45) is 0.0812. The average Bonchev–Trinajstić information content (AvgIpc) is 2.99. The van der Waals surface area contributed by atoms with Crippen LogP contribution in [0.25, 0.3) is 0 Å². The molecule has 1 N–H and O–H groups in total. The monoisotopic (exact) mass is 465 g/mol. The highest BCUT2D eigenvalue weighted by Gasteiger charge is 2.35. The van der Waals surface area contributed by atoms with E-state index in [2.05, 4.69) is 27.9 Å². The lowest BCUT2D eigenvalue weighted by Crippen LogP contribution is -2.28. The van der Waals surface area contributed by atoms with E-state index in [1.54, 1.807) is 31.2 Å². The molecule has 1 saturated heterocycles. The first-order valence-corrected chi connectivity index (χ1v) is 9.05. The summed E-state index contributed by atoms with van der Waals surface area (Å²) in [5.74, 6) is -0.947. The van der Waals surface area contributed by atoms with Crippen LogP contribution in [0.3, 0.4) is 0 Å². The van der Waals surface area contributed by atoms with Crippen molar-refractivity contribution in [3.8, 4) is 0 Å². The molecule has 0 unspecified atom stereocenters. The highest BCUT2D eigenvalue weighted by atomic mass is 127. The molecule has 0 spiro atoms. The lowest BCUT2D eigenvalue weighted by Gasteiger charge is -2.17. The van der Waals surface area contributed by atoms with Crippen LogP contribution in [0.1, 0.15) is 12.0 Å². The van der Waals surface area contributed by atoms with Gasteiger partial charge in [-0.15, -0.1) is 0 Å². The molecule has 1 fully saturated rings. The third kappa shape index (κ3) is 3.85. The molecule has 26 heavy (non-hydrogen) atoms. The number of nitro groups is 1. The van der Waals surface area contributed by atoms with Gasteiger partial charge in [0.2, 0.25) is 11.8 Å². The van der Waals surface area contributed by atoms with Gasteiger partial charge >= 0.3 is 0 Å². The number of aryl methyl sites for hydroxylation is 1. The maximum Gasteiger partial charge on any atom is 0.274 e. The summed E-state index contributed by atoms with van der Waals surface area (Å²) in [4.78, 5) is 36.8. The molecule has 2 aromatic carbocycles. The summed E-state index contributed by atoms with van der Waals surface area (Å²) < 4.78 is 1.06. The highest BCUT2D eigenvalue weighted by molar-refractivity contribution is 14.1. The molecule has 7 nitrogen and oxygen atoms in total. The predicted octanol–water partition coefficient (Wildman–Crippen LogP) is 3.50. The highest BCUT2D eigenvalue weighted by Crippen LogP contribution is 2.30. The number of rotatable bonds is 4. The molecule has 1 aliphatic rings. The normalized spacial score (nSPS) is 16.6. The van der Waals surface area contributed by atoms with E-state index in [-0.39, 0.29) is 30.5 Å². The molecule has 0 aromatic heterocycles. The van der Waals surface area contributed by atoms with Gasteiger partial charge in [0.05, 0.1) is 16.5 Å². The first-order valence-electron chi connectivity index (χ1n) is 7.97. The second-order valence-electron chi connectivity index (χ2n) is 6.13. The zero-order chi connectivity index (χ0) is 18.8. The fourth-order valence-electron chi connectivity index (χ4n) is 2.87. The lowest BCUT2D eigenvalue weighted by molar-refractivity contribution is -0.385. The number of amides is 2. The topological polar surface area (TPSA) is 92.6 Å². The van der Waals surface area contributed by atoms with Crippen LogP contribution < -0.4 is 10.2 Å². The van der Waals surface area contributed by atoms with Crippen molar-refractivity contribution in [2.24, 2.45) is 5.92 Å². The van der Waals surface area contributed by atoms with E-state index in [1.807, 2.05) is 12.1 Å². The second-order valence-corrected chi connectivity index (χ2v) is 7.38. The summed E-state index contributed by atoms with van der Waals surface area (Å²) in [5, 5.41) is 13.9. The Bertz CT molecular complexity index is 883. The molecule has 0 aliphatic carbocycles. The molecular weight excluding hydrogens is 449 g/mol. The second kappa shape index (κ2) is 7.40. The minimum atomic E-state index is -0.498. The van der Waals surface area contributed by atoms with Gasteiger partial charge in [-0.05, 0) is 59.8 Å². The van der Waals surface area contributed by atoms with Crippen molar-refractivity contribution in [1.82, 2.24) is 0 Å². The Morgan fingerprint density at radius 3 is 2.62 bits per heavy atom. The van der Waals surface area contributed by atoms with E-state index in [0.717, 1.165) is 3.57 Å². The lowest BCUT2D eigenvalue weighted by atomic mass is 10.1. The van der Waals surface area contributed by atoms with Crippen molar-refractivity contribution in [2.45, 2.75) is 13.3 Å². The van der Waals surface area contributed by atoms with Gasteiger partial charge in [-0.2, -0.15) is 0 Å². The Kier molecular flexibility index (Phi) is 5.21. The Morgan fingerprint density at radius 2 is 1.96 bits per heavy atom. The minimum absolute atomic E-state index is 0.0397. The van der Waals surface area contributed by atoms with Crippen LogP contribution in [0.5, 0.6) is 0 Å². The van der Waals surface area contributed by atoms with E-state index >= 15 is 0 Å². The Labute approximate surface area is 163 Å². The molecule has 8 heteroatoms. The van der Waals surface area contributed by atoms with Crippen LogP contribution in [0.4, 0.5) is 17.1 Å². The molecule has 1 atom stereocenters. The van der Waals surface area contributed by atoms with Gasteiger partial charge in [0, 0.05) is 33.9 Å². The summed E-state index contributed by atoms with van der Waals surface area (Å²) >= 11 is 2.18. The number of carbonyl (C=O) groups is 2. The van der Waals surface area contributed by atoms with Gasteiger partial charge in [-0.25, -0.2) is 0 Å². The van der Waals surface area contributed by atoms with E-state index < -0.39 is 10.8 Å².